The predicted octanol–water partition coefficient (Wildman–Crippen LogP) is 4.74. The van der Waals surface area contributed by atoms with Crippen LogP contribution in [0.25, 0.3) is 16.8 Å². The third-order valence-electron chi connectivity index (χ3n) is 6.27. The average Bonchev–Trinajstić information content (AvgIpc) is 3.46. The average molecular weight is 518 g/mol. The minimum Gasteiger partial charge on any atom is -0.507 e. The number of ketones is 1. The number of H-pyrrole nitrogens is 1. The molecule has 0 spiro atoms. The molecule has 0 aliphatic carbocycles. The van der Waals surface area contributed by atoms with Gasteiger partial charge in [-0.3, -0.25) is 14.5 Å². The third kappa shape index (κ3) is 4.09. The predicted molar refractivity (Wildman–Crippen MR) is 138 cm³/mol. The van der Waals surface area contributed by atoms with Crippen molar-refractivity contribution in [2.75, 3.05) is 25.7 Å². The van der Waals surface area contributed by atoms with Crippen molar-refractivity contribution >= 4 is 34.4 Å². The van der Waals surface area contributed by atoms with E-state index in [9.17, 15) is 19.1 Å². The van der Waals surface area contributed by atoms with Crippen LogP contribution in [0.5, 0.6) is 17.2 Å². The Morgan fingerprint density at radius 3 is 2.47 bits per heavy atom. The zero-order valence-corrected chi connectivity index (χ0v) is 20.8. The number of methoxy groups -OCH3 is 2. The molecule has 1 amide bonds. The summed E-state index contributed by atoms with van der Waals surface area (Å²) < 4.78 is 30.6. The van der Waals surface area contributed by atoms with Crippen molar-refractivity contribution in [1.82, 2.24) is 9.97 Å². The number of halogens is 1. The van der Waals surface area contributed by atoms with Crippen LogP contribution in [0.3, 0.4) is 0 Å². The highest BCUT2D eigenvalue weighted by atomic mass is 19.1. The molecule has 0 saturated carbocycles. The fourth-order valence-corrected chi connectivity index (χ4v) is 4.56. The highest BCUT2D eigenvalue weighted by Gasteiger charge is 2.48. The van der Waals surface area contributed by atoms with Crippen molar-refractivity contribution in [3.05, 3.63) is 83.2 Å². The molecule has 1 saturated heterocycles. The first-order valence-electron chi connectivity index (χ1n) is 11.8. The highest BCUT2D eigenvalue weighted by molar-refractivity contribution is 6.51. The molecule has 3 aromatic carbocycles. The lowest BCUT2D eigenvalue weighted by Crippen LogP contribution is -2.30. The molecule has 38 heavy (non-hydrogen) atoms. The first-order valence-corrected chi connectivity index (χ1v) is 11.8. The largest absolute Gasteiger partial charge is 0.507 e. The molecule has 2 N–H and O–H groups in total. The molecule has 9 nitrogen and oxygen atoms in total. The van der Waals surface area contributed by atoms with Crippen molar-refractivity contribution in [3.63, 3.8) is 0 Å². The van der Waals surface area contributed by atoms with E-state index in [0.717, 1.165) is 12.1 Å². The quantitative estimate of drug-likeness (QED) is 0.207. The van der Waals surface area contributed by atoms with Crippen LogP contribution < -0.4 is 19.1 Å². The van der Waals surface area contributed by atoms with E-state index in [0.29, 0.717) is 34.7 Å². The summed E-state index contributed by atoms with van der Waals surface area (Å²) in [5.74, 6) is -2.06. The van der Waals surface area contributed by atoms with Crippen molar-refractivity contribution in [2.45, 2.75) is 13.0 Å². The Hall–Kier alpha value is -4.86. The van der Waals surface area contributed by atoms with E-state index in [4.69, 9.17) is 14.2 Å². The highest BCUT2D eigenvalue weighted by Crippen LogP contribution is 2.44. The van der Waals surface area contributed by atoms with Gasteiger partial charge in [0.25, 0.3) is 5.78 Å². The normalized spacial score (nSPS) is 16.7. The van der Waals surface area contributed by atoms with E-state index in [1.165, 1.54) is 25.2 Å². The number of benzene rings is 3. The Bertz CT molecular complexity index is 1560. The molecule has 1 aliphatic rings. The first kappa shape index (κ1) is 24.8. The van der Waals surface area contributed by atoms with E-state index >= 15 is 0 Å². The molecule has 1 aliphatic heterocycles. The van der Waals surface area contributed by atoms with Crippen molar-refractivity contribution in [2.24, 2.45) is 0 Å². The van der Waals surface area contributed by atoms with Crippen LogP contribution in [0.4, 0.5) is 10.3 Å². The molecule has 1 unspecified atom stereocenters. The second-order valence-corrected chi connectivity index (χ2v) is 8.43. The number of fused-ring (bicyclic) bond motifs is 1. The lowest BCUT2D eigenvalue weighted by molar-refractivity contribution is -0.132. The van der Waals surface area contributed by atoms with Gasteiger partial charge in [0.05, 0.1) is 49.0 Å². The number of rotatable bonds is 7. The summed E-state index contributed by atoms with van der Waals surface area (Å²) in [6.45, 7) is 2.15. The summed E-state index contributed by atoms with van der Waals surface area (Å²) in [6, 6.07) is 14.5. The van der Waals surface area contributed by atoms with Gasteiger partial charge in [0.1, 0.15) is 17.3 Å². The van der Waals surface area contributed by atoms with Crippen LogP contribution in [0, 0.1) is 5.82 Å². The number of nitrogens with one attached hydrogen (secondary N) is 1. The number of ether oxygens (including phenoxy) is 3. The smallest absolute Gasteiger partial charge is 0.302 e. The monoisotopic (exact) mass is 517 g/mol. The minimum absolute atomic E-state index is 0.0707. The number of aromatic nitrogens is 2. The fraction of sp³-hybridized carbons (Fsp3) is 0.179. The minimum atomic E-state index is -1.13. The number of anilines is 1. The van der Waals surface area contributed by atoms with Crippen LogP contribution in [0.2, 0.25) is 0 Å². The van der Waals surface area contributed by atoms with E-state index in [1.54, 1.807) is 36.4 Å². The second-order valence-electron chi connectivity index (χ2n) is 8.43. The van der Waals surface area contributed by atoms with Crippen molar-refractivity contribution in [3.8, 4) is 17.2 Å². The number of nitrogens with zero attached hydrogens (tertiary/aromatic N) is 2. The van der Waals surface area contributed by atoms with E-state index in [2.05, 4.69) is 9.97 Å². The number of amides is 1. The zero-order chi connectivity index (χ0) is 27.0. The second kappa shape index (κ2) is 9.89. The molecule has 1 fully saturated rings. The van der Waals surface area contributed by atoms with Crippen molar-refractivity contribution in [1.29, 1.82) is 0 Å². The fourth-order valence-electron chi connectivity index (χ4n) is 4.56. The summed E-state index contributed by atoms with van der Waals surface area (Å²) >= 11 is 0. The SMILES string of the molecule is CCOc1cc(C2/C(=C(\O)c3cc(F)ccc3OC)C(=O)C(=O)N2c2nc3ccccc3[nH]2)ccc1OC. The number of Topliss-reactive ketones (excluding diaryl/α,β-unsaturated/α-hetero) is 1. The molecule has 2 heterocycles. The molecule has 1 aromatic heterocycles. The van der Waals surface area contributed by atoms with Gasteiger partial charge in [0, 0.05) is 0 Å². The number of hydrogen-bond donors (Lipinski definition) is 2. The summed E-state index contributed by atoms with van der Waals surface area (Å²) in [7, 11) is 2.85. The number of aliphatic hydroxyl groups is 1. The Kier molecular flexibility index (Phi) is 6.46. The Balaban J connectivity index is 1.78. The number of hydrogen-bond acceptors (Lipinski definition) is 7. The molecule has 194 valence electrons. The van der Waals surface area contributed by atoms with Gasteiger partial charge in [-0.2, -0.15) is 0 Å². The van der Waals surface area contributed by atoms with Gasteiger partial charge in [-0.05, 0) is 55.0 Å². The van der Waals surface area contributed by atoms with Crippen LogP contribution in [0.1, 0.15) is 24.1 Å². The first-order chi connectivity index (χ1) is 18.4. The van der Waals surface area contributed by atoms with Gasteiger partial charge in [-0.1, -0.05) is 18.2 Å². The number of carbonyl (C=O) groups is 2. The summed E-state index contributed by atoms with van der Waals surface area (Å²) in [5.41, 5.74) is 1.34. The summed E-state index contributed by atoms with van der Waals surface area (Å²) in [5, 5.41) is 11.4. The zero-order valence-electron chi connectivity index (χ0n) is 20.8. The van der Waals surface area contributed by atoms with Gasteiger partial charge in [-0.25, -0.2) is 9.37 Å². The van der Waals surface area contributed by atoms with Crippen LogP contribution in [-0.2, 0) is 9.59 Å². The topological polar surface area (TPSA) is 114 Å². The standard InChI is InChI=1S/C28H24FN3O6/c1-4-38-22-13-15(9-11-21(22)37-3)24-23(25(33)17-14-16(29)10-12-20(17)36-2)26(34)27(35)32(24)28-30-18-7-5-6-8-19(18)31-28/h5-14,24,33H,4H2,1-3H3,(H,30,31)/b25-23+. The summed E-state index contributed by atoms with van der Waals surface area (Å²) in [4.78, 5) is 35.7. The van der Waals surface area contributed by atoms with Crippen LogP contribution >= 0.6 is 0 Å². The lowest BCUT2D eigenvalue weighted by Gasteiger charge is -2.24. The third-order valence-corrected chi connectivity index (χ3v) is 6.27. The molecule has 0 bridgehead atoms. The van der Waals surface area contributed by atoms with Crippen LogP contribution in [-0.4, -0.2) is 47.6 Å². The maximum Gasteiger partial charge on any atom is 0.302 e. The molecule has 5 rings (SSSR count). The molecule has 1 atom stereocenters. The number of carbonyl (C=O) groups excluding carboxylic acids is 2. The number of imidazole rings is 1. The van der Waals surface area contributed by atoms with E-state index in [-0.39, 0.29) is 22.8 Å². The lowest BCUT2D eigenvalue weighted by atomic mass is 9.94. The molecular formula is C28H24FN3O6. The number of aliphatic hydroxyl groups excluding tert-OH is 1. The van der Waals surface area contributed by atoms with E-state index < -0.39 is 29.3 Å². The Labute approximate surface area is 217 Å². The van der Waals surface area contributed by atoms with Gasteiger partial charge in [0.2, 0.25) is 5.95 Å². The van der Waals surface area contributed by atoms with E-state index in [1.807, 2.05) is 13.0 Å². The number of aromatic amines is 1. The number of para-hydroxylation sites is 2. The Morgan fingerprint density at radius 1 is 1.03 bits per heavy atom. The molecule has 0 radical (unpaired) electrons. The molecular weight excluding hydrogens is 493 g/mol. The molecule has 4 aromatic rings. The van der Waals surface area contributed by atoms with Gasteiger partial charge in [0.15, 0.2) is 11.5 Å². The molecule has 10 heteroatoms. The maximum absolute atomic E-state index is 14.2. The van der Waals surface area contributed by atoms with Crippen LogP contribution in [0.15, 0.2) is 66.2 Å². The van der Waals surface area contributed by atoms with Gasteiger partial charge >= 0.3 is 5.91 Å². The Morgan fingerprint density at radius 2 is 1.76 bits per heavy atom. The summed E-state index contributed by atoms with van der Waals surface area (Å²) in [6.07, 6.45) is 0. The maximum atomic E-state index is 14.2. The van der Waals surface area contributed by atoms with Gasteiger partial charge in [-0.15, -0.1) is 0 Å². The van der Waals surface area contributed by atoms with Gasteiger partial charge < -0.3 is 24.3 Å². The van der Waals surface area contributed by atoms with Crippen molar-refractivity contribution < 1.29 is 33.3 Å².